The molecule has 0 unspecified atom stereocenters. The van der Waals surface area contributed by atoms with E-state index in [1.165, 1.54) is 0 Å². The minimum atomic E-state index is -0.487. The number of ether oxygens (including phenoxy) is 3. The van der Waals surface area contributed by atoms with E-state index in [9.17, 15) is 4.79 Å². The molecule has 0 spiro atoms. The van der Waals surface area contributed by atoms with Gasteiger partial charge in [-0.05, 0) is 35.9 Å². The summed E-state index contributed by atoms with van der Waals surface area (Å²) in [5.74, 6) is 1.16. The number of cyclic esters (lactones) is 1. The predicted octanol–water partition coefficient (Wildman–Crippen LogP) is 3.07. The number of carbonyl (C=O) groups excluding carboxylic acids is 1. The number of carbonyl (C=O) groups is 1. The fourth-order valence-electron chi connectivity index (χ4n) is 2.07. The molecule has 0 aliphatic carbocycles. The van der Waals surface area contributed by atoms with Gasteiger partial charge >= 0.3 is 5.97 Å². The molecule has 1 heterocycles. The quantitative estimate of drug-likeness (QED) is 0.629. The molecular weight excluding hydrogens is 294 g/mol. The fraction of sp³-hybridized carbons (Fsp3) is 0.111. The summed E-state index contributed by atoms with van der Waals surface area (Å²) in [5.41, 5.74) is 1.05. The number of hydrogen-bond donors (Lipinski definition) is 0. The molecule has 5 nitrogen and oxygen atoms in total. The average molecular weight is 309 g/mol. The van der Waals surface area contributed by atoms with Crippen molar-refractivity contribution < 1.29 is 19.0 Å². The van der Waals surface area contributed by atoms with Crippen LogP contribution in [-0.4, -0.2) is 25.6 Å². The molecule has 0 bridgehead atoms. The van der Waals surface area contributed by atoms with Gasteiger partial charge in [0.1, 0.15) is 11.5 Å². The number of methoxy groups -OCH3 is 1. The Morgan fingerprint density at radius 2 is 1.87 bits per heavy atom. The topological polar surface area (TPSA) is 57.1 Å². The van der Waals surface area contributed by atoms with E-state index in [0.29, 0.717) is 11.5 Å². The smallest absolute Gasteiger partial charge is 0.363 e. The summed E-state index contributed by atoms with van der Waals surface area (Å²) in [5, 5.41) is 0. The van der Waals surface area contributed by atoms with Crippen LogP contribution in [0.1, 0.15) is 5.56 Å². The molecule has 0 saturated carbocycles. The van der Waals surface area contributed by atoms with Crippen molar-refractivity contribution >= 4 is 17.9 Å². The lowest BCUT2D eigenvalue weighted by Gasteiger charge is -2.03. The normalized spacial score (nSPS) is 15.3. The lowest BCUT2D eigenvalue weighted by Crippen LogP contribution is -2.13. The van der Waals surface area contributed by atoms with Gasteiger partial charge in [0.2, 0.25) is 5.90 Å². The molecule has 2 aromatic carbocycles. The molecule has 0 fully saturated rings. The minimum absolute atomic E-state index is 0.102. The van der Waals surface area contributed by atoms with E-state index in [0.717, 1.165) is 5.56 Å². The predicted molar refractivity (Wildman–Crippen MR) is 86.4 cm³/mol. The molecule has 0 atom stereocenters. The summed E-state index contributed by atoms with van der Waals surface area (Å²) in [4.78, 5) is 16.0. The number of esters is 1. The summed E-state index contributed by atoms with van der Waals surface area (Å²) in [6.07, 6.45) is 1.65. The maximum atomic E-state index is 11.9. The minimum Gasteiger partial charge on any atom is -0.497 e. The van der Waals surface area contributed by atoms with Crippen LogP contribution in [-0.2, 0) is 9.53 Å². The highest BCUT2D eigenvalue weighted by atomic mass is 16.6. The molecular formula is C18H15NO4. The zero-order valence-electron chi connectivity index (χ0n) is 12.6. The number of aliphatic imine (C=N–C) groups is 1. The molecule has 116 valence electrons. The van der Waals surface area contributed by atoms with Gasteiger partial charge in [0.25, 0.3) is 0 Å². The third-order valence-electron chi connectivity index (χ3n) is 3.17. The SMILES string of the molecule is COc1cccc(/C=C2/N=C(COc3ccccc3)OC2=O)c1. The van der Waals surface area contributed by atoms with Crippen LogP contribution in [0.4, 0.5) is 0 Å². The summed E-state index contributed by atoms with van der Waals surface area (Å²) < 4.78 is 15.8. The van der Waals surface area contributed by atoms with Crippen molar-refractivity contribution in [2.75, 3.05) is 13.7 Å². The Morgan fingerprint density at radius 1 is 1.09 bits per heavy atom. The van der Waals surface area contributed by atoms with Crippen LogP contribution in [0.3, 0.4) is 0 Å². The zero-order valence-corrected chi connectivity index (χ0v) is 12.6. The van der Waals surface area contributed by atoms with Crippen molar-refractivity contribution in [2.24, 2.45) is 4.99 Å². The molecule has 0 aromatic heterocycles. The molecule has 0 radical (unpaired) electrons. The van der Waals surface area contributed by atoms with E-state index < -0.39 is 5.97 Å². The number of para-hydroxylation sites is 1. The van der Waals surface area contributed by atoms with Crippen LogP contribution in [0.2, 0.25) is 0 Å². The van der Waals surface area contributed by atoms with Crippen molar-refractivity contribution in [1.29, 1.82) is 0 Å². The highest BCUT2D eigenvalue weighted by Gasteiger charge is 2.23. The van der Waals surface area contributed by atoms with Crippen LogP contribution >= 0.6 is 0 Å². The van der Waals surface area contributed by atoms with Gasteiger partial charge in [-0.15, -0.1) is 0 Å². The molecule has 1 aliphatic rings. The second-order valence-corrected chi connectivity index (χ2v) is 4.80. The van der Waals surface area contributed by atoms with Crippen molar-refractivity contribution in [3.8, 4) is 11.5 Å². The van der Waals surface area contributed by atoms with E-state index >= 15 is 0 Å². The van der Waals surface area contributed by atoms with Crippen molar-refractivity contribution in [3.63, 3.8) is 0 Å². The summed E-state index contributed by atoms with van der Waals surface area (Å²) in [6, 6.07) is 16.6. The first-order valence-corrected chi connectivity index (χ1v) is 7.08. The molecule has 0 amide bonds. The van der Waals surface area contributed by atoms with E-state index in [1.54, 1.807) is 13.2 Å². The maximum Gasteiger partial charge on any atom is 0.363 e. The van der Waals surface area contributed by atoms with Crippen LogP contribution in [0, 0.1) is 0 Å². The van der Waals surface area contributed by atoms with Crippen LogP contribution in [0.15, 0.2) is 65.3 Å². The van der Waals surface area contributed by atoms with Gasteiger partial charge in [-0.3, -0.25) is 0 Å². The van der Waals surface area contributed by atoms with Crippen LogP contribution in [0.5, 0.6) is 11.5 Å². The van der Waals surface area contributed by atoms with Gasteiger partial charge < -0.3 is 14.2 Å². The first-order valence-electron chi connectivity index (χ1n) is 7.08. The second kappa shape index (κ2) is 6.79. The zero-order chi connectivity index (χ0) is 16.1. The summed E-state index contributed by atoms with van der Waals surface area (Å²) >= 11 is 0. The Morgan fingerprint density at radius 3 is 2.65 bits per heavy atom. The third kappa shape index (κ3) is 3.77. The number of rotatable bonds is 5. The standard InChI is InChI=1S/C18H15NO4/c1-21-15-9-5-6-13(10-15)11-16-18(20)23-17(19-16)12-22-14-7-3-2-4-8-14/h2-11H,12H2,1H3/b16-11+. The molecule has 3 rings (SSSR count). The van der Waals surface area contributed by atoms with E-state index in [2.05, 4.69) is 4.99 Å². The summed E-state index contributed by atoms with van der Waals surface area (Å²) in [6.45, 7) is 0.102. The Kier molecular flexibility index (Phi) is 4.38. The number of benzene rings is 2. The Labute approximate surface area is 133 Å². The third-order valence-corrected chi connectivity index (χ3v) is 3.17. The van der Waals surface area contributed by atoms with Crippen molar-refractivity contribution in [1.82, 2.24) is 0 Å². The first kappa shape index (κ1) is 14.8. The van der Waals surface area contributed by atoms with Crippen LogP contribution < -0.4 is 9.47 Å². The molecule has 5 heteroatoms. The first-order chi connectivity index (χ1) is 11.2. The highest BCUT2D eigenvalue weighted by molar-refractivity contribution is 6.07. The van der Waals surface area contributed by atoms with Gasteiger partial charge in [0, 0.05) is 0 Å². The van der Waals surface area contributed by atoms with E-state index in [1.807, 2.05) is 54.6 Å². The van der Waals surface area contributed by atoms with Gasteiger partial charge in [0.15, 0.2) is 12.3 Å². The average Bonchev–Trinajstić information content (AvgIpc) is 2.94. The van der Waals surface area contributed by atoms with Crippen molar-refractivity contribution in [2.45, 2.75) is 0 Å². The van der Waals surface area contributed by atoms with Gasteiger partial charge in [0.05, 0.1) is 7.11 Å². The lowest BCUT2D eigenvalue weighted by atomic mass is 10.2. The number of hydrogen-bond acceptors (Lipinski definition) is 5. The maximum absolute atomic E-state index is 11.9. The number of nitrogens with zero attached hydrogens (tertiary/aromatic N) is 1. The van der Waals surface area contributed by atoms with E-state index in [4.69, 9.17) is 14.2 Å². The van der Waals surface area contributed by atoms with Gasteiger partial charge in [-0.2, -0.15) is 0 Å². The molecule has 2 aromatic rings. The molecule has 23 heavy (non-hydrogen) atoms. The molecule has 0 N–H and O–H groups in total. The summed E-state index contributed by atoms with van der Waals surface area (Å²) in [7, 11) is 1.59. The molecule has 1 aliphatic heterocycles. The van der Waals surface area contributed by atoms with Gasteiger partial charge in [-0.25, -0.2) is 9.79 Å². The lowest BCUT2D eigenvalue weighted by molar-refractivity contribution is -0.130. The Bertz CT molecular complexity index is 766. The highest BCUT2D eigenvalue weighted by Crippen LogP contribution is 2.19. The van der Waals surface area contributed by atoms with Crippen LogP contribution in [0.25, 0.3) is 6.08 Å². The second-order valence-electron chi connectivity index (χ2n) is 4.80. The van der Waals surface area contributed by atoms with Gasteiger partial charge in [-0.1, -0.05) is 30.3 Å². The van der Waals surface area contributed by atoms with Crippen molar-refractivity contribution in [3.05, 3.63) is 65.9 Å². The molecule has 0 saturated heterocycles. The Balaban J connectivity index is 1.71. The van der Waals surface area contributed by atoms with E-state index in [-0.39, 0.29) is 18.2 Å². The largest absolute Gasteiger partial charge is 0.497 e. The monoisotopic (exact) mass is 309 g/mol. The fourth-order valence-corrected chi connectivity index (χ4v) is 2.07. The Hall–Kier alpha value is -3.08.